The molecule has 4 aliphatic rings. The number of Topliss-reactive ketones (excluding diaryl/α,β-unsaturated/α-hetero) is 2. The number of nitrogens with two attached hydrogens (primary N) is 1. The second kappa shape index (κ2) is 9.78. The lowest BCUT2D eigenvalue weighted by atomic mass is 9.54. The van der Waals surface area contributed by atoms with E-state index in [1.54, 1.807) is 19.1 Å². The Kier molecular flexibility index (Phi) is 7.05. The van der Waals surface area contributed by atoms with E-state index in [0.717, 1.165) is 12.8 Å². The van der Waals surface area contributed by atoms with Gasteiger partial charge < -0.3 is 41.9 Å². The fourth-order valence-corrected chi connectivity index (χ4v) is 8.38. The van der Waals surface area contributed by atoms with Crippen molar-refractivity contribution in [3.8, 4) is 5.75 Å². The molecule has 0 spiro atoms. The summed E-state index contributed by atoms with van der Waals surface area (Å²) >= 11 is 0. The molecule has 234 valence electrons. The van der Waals surface area contributed by atoms with E-state index in [0.29, 0.717) is 11.3 Å². The first-order chi connectivity index (χ1) is 19.7. The van der Waals surface area contributed by atoms with Gasteiger partial charge in [-0.1, -0.05) is 13.0 Å². The Morgan fingerprint density at radius 2 is 1.65 bits per heavy atom. The number of aromatic hydroxyl groups is 1. The van der Waals surface area contributed by atoms with Gasteiger partial charge in [0.1, 0.15) is 22.8 Å². The maximum Gasteiger partial charge on any atom is 0.255 e. The molecule has 0 unspecified atom stereocenters. The summed E-state index contributed by atoms with van der Waals surface area (Å²) in [4.78, 5) is 41.0. The first-order valence-electron chi connectivity index (χ1n) is 14.5. The van der Waals surface area contributed by atoms with Gasteiger partial charge in [0.05, 0.1) is 29.3 Å². The van der Waals surface area contributed by atoms with Crippen molar-refractivity contribution in [3.05, 3.63) is 40.2 Å². The third kappa shape index (κ3) is 4.45. The van der Waals surface area contributed by atoms with Crippen LogP contribution in [0.3, 0.4) is 0 Å². The fraction of sp³-hybridized carbons (Fsp3) is 0.581. The Hall–Kier alpha value is -3.45. The van der Waals surface area contributed by atoms with Gasteiger partial charge in [-0.15, -0.1) is 0 Å². The molecule has 9 N–H and O–H groups in total. The zero-order valence-corrected chi connectivity index (χ0v) is 25.5. The Labute approximate surface area is 250 Å². The lowest BCUT2D eigenvalue weighted by molar-refractivity contribution is -0.169. The number of piperidine rings is 1. The predicted molar refractivity (Wildman–Crippen MR) is 158 cm³/mol. The number of ketones is 2. The number of fused-ring (bicyclic) bond motifs is 3. The molecule has 0 radical (unpaired) electrons. The van der Waals surface area contributed by atoms with E-state index in [-0.39, 0.29) is 28.4 Å². The molecular weight excluding hydrogens is 556 g/mol. The van der Waals surface area contributed by atoms with Crippen molar-refractivity contribution in [2.24, 2.45) is 17.6 Å². The Balaban J connectivity index is 1.66. The van der Waals surface area contributed by atoms with Crippen molar-refractivity contribution >= 4 is 28.9 Å². The van der Waals surface area contributed by atoms with Crippen LogP contribution in [-0.4, -0.2) is 96.9 Å². The Bertz CT molecular complexity index is 1480. The first kappa shape index (κ1) is 31.0. The van der Waals surface area contributed by atoms with E-state index in [2.05, 4.69) is 38.3 Å². The van der Waals surface area contributed by atoms with Gasteiger partial charge in [-0.25, -0.2) is 0 Å². The molecule has 12 heteroatoms. The van der Waals surface area contributed by atoms with E-state index in [4.69, 9.17) is 5.73 Å². The summed E-state index contributed by atoms with van der Waals surface area (Å²) in [6.07, 6.45) is -0.135. The molecule has 1 aromatic rings. The third-order valence-corrected chi connectivity index (χ3v) is 9.68. The van der Waals surface area contributed by atoms with Crippen molar-refractivity contribution in [1.82, 2.24) is 10.2 Å². The van der Waals surface area contributed by atoms with Gasteiger partial charge >= 0.3 is 0 Å². The van der Waals surface area contributed by atoms with Crippen LogP contribution in [0.5, 0.6) is 5.75 Å². The molecule has 5 rings (SSSR count). The van der Waals surface area contributed by atoms with Gasteiger partial charge in [0.2, 0.25) is 5.78 Å². The number of anilines is 1. The number of nitrogens with zero attached hydrogens (tertiary/aromatic N) is 1. The Morgan fingerprint density at radius 1 is 1.07 bits per heavy atom. The number of phenols is 1. The van der Waals surface area contributed by atoms with Crippen LogP contribution in [-0.2, 0) is 14.4 Å². The molecule has 2 fully saturated rings. The Morgan fingerprint density at radius 3 is 2.19 bits per heavy atom. The summed E-state index contributed by atoms with van der Waals surface area (Å²) in [5.74, 6) is -9.04. The third-order valence-electron chi connectivity index (χ3n) is 9.68. The standard InChI is InChI=1S/C31H42N4O8/c1-12-14-8-9-15(33-13-10-29(2,3)34-30(4,5)11-13)22(36)17(14)23(37)18-16(12)24(38)20-21(35(6)7)25(39)19(28(32)42)27(41)31(20,43)26(18)40/h8-9,12-13,16,20-21,24,33-34,36-38,41,43H,10-11H2,1-7H3,(H2,32,42)/t12-,16+,20-,21+,24+,31+/m1/s1. The number of hydrogen-bond donors (Lipinski definition) is 8. The summed E-state index contributed by atoms with van der Waals surface area (Å²) in [6.45, 7) is 10.1. The number of nitrogens with one attached hydrogen (secondary N) is 2. The molecule has 0 bridgehead atoms. The lowest BCUT2D eigenvalue weighted by Crippen LogP contribution is -2.70. The van der Waals surface area contributed by atoms with Crippen LogP contribution in [0.25, 0.3) is 5.76 Å². The number of phenolic OH excluding ortho intramolecular Hbond substituents is 1. The monoisotopic (exact) mass is 598 g/mol. The van der Waals surface area contributed by atoms with Crippen molar-refractivity contribution < 1.29 is 39.9 Å². The van der Waals surface area contributed by atoms with Crippen LogP contribution in [0.4, 0.5) is 5.69 Å². The zero-order chi connectivity index (χ0) is 32.1. The van der Waals surface area contributed by atoms with Crippen molar-refractivity contribution in [3.63, 3.8) is 0 Å². The number of carbonyl (C=O) groups excluding carboxylic acids is 3. The molecule has 1 amide bonds. The van der Waals surface area contributed by atoms with E-state index >= 15 is 0 Å². The number of aliphatic hydroxyl groups excluding tert-OH is 3. The SMILES string of the molecule is C[C@@H]1c2ccc(NC3CC(C)(C)NC(C)(C)C3)c(O)c2C(O)=C2C(=O)[C@]3(O)C(O)=C(C(N)=O)C(=O)[C@@H](N(C)C)[C@@H]3[C@@H](O)[C@H]21. The van der Waals surface area contributed by atoms with Gasteiger partial charge in [0.15, 0.2) is 11.4 Å². The summed E-state index contributed by atoms with van der Waals surface area (Å²) in [7, 11) is 2.95. The van der Waals surface area contributed by atoms with Gasteiger partial charge in [0, 0.05) is 28.6 Å². The predicted octanol–water partition coefficient (Wildman–Crippen LogP) is 1.22. The smallest absolute Gasteiger partial charge is 0.255 e. The summed E-state index contributed by atoms with van der Waals surface area (Å²) < 4.78 is 0. The number of hydrogen-bond acceptors (Lipinski definition) is 11. The van der Waals surface area contributed by atoms with E-state index < -0.39 is 75.6 Å². The molecule has 0 aromatic heterocycles. The van der Waals surface area contributed by atoms with E-state index in [1.165, 1.54) is 19.0 Å². The molecule has 1 aliphatic heterocycles. The van der Waals surface area contributed by atoms with Gasteiger partial charge in [-0.05, 0) is 72.2 Å². The maximum absolute atomic E-state index is 14.2. The fourth-order valence-electron chi connectivity index (χ4n) is 8.38. The van der Waals surface area contributed by atoms with Crippen LogP contribution in [0.2, 0.25) is 0 Å². The van der Waals surface area contributed by atoms with Crippen molar-refractivity contribution in [1.29, 1.82) is 0 Å². The second-order valence-electron chi connectivity index (χ2n) is 14.1. The first-order valence-corrected chi connectivity index (χ1v) is 14.5. The number of primary amides is 1. The molecular formula is C31H42N4O8. The molecule has 1 saturated heterocycles. The van der Waals surface area contributed by atoms with Crippen LogP contribution in [0.1, 0.15) is 64.5 Å². The van der Waals surface area contributed by atoms with Gasteiger partial charge in [-0.3, -0.25) is 19.3 Å². The zero-order valence-electron chi connectivity index (χ0n) is 25.5. The summed E-state index contributed by atoms with van der Waals surface area (Å²) in [6, 6.07) is 1.98. The molecule has 1 aromatic carbocycles. The minimum atomic E-state index is -2.94. The molecule has 1 saturated carbocycles. The van der Waals surface area contributed by atoms with Crippen LogP contribution in [0, 0.1) is 11.8 Å². The molecule has 12 nitrogen and oxygen atoms in total. The minimum Gasteiger partial charge on any atom is -0.508 e. The highest BCUT2D eigenvalue weighted by molar-refractivity contribution is 6.24. The molecule has 43 heavy (non-hydrogen) atoms. The van der Waals surface area contributed by atoms with Gasteiger partial charge in [-0.2, -0.15) is 0 Å². The number of rotatable bonds is 4. The number of likely N-dealkylation sites (N-methyl/N-ethyl adjacent to an activating group) is 1. The van der Waals surface area contributed by atoms with Crippen molar-refractivity contribution in [2.45, 2.75) is 88.2 Å². The van der Waals surface area contributed by atoms with E-state index in [9.17, 15) is 39.9 Å². The lowest BCUT2D eigenvalue weighted by Gasteiger charge is -2.53. The van der Waals surface area contributed by atoms with Gasteiger partial charge in [0.25, 0.3) is 5.91 Å². The largest absolute Gasteiger partial charge is 0.508 e. The average molecular weight is 599 g/mol. The highest BCUT2D eigenvalue weighted by atomic mass is 16.4. The number of aliphatic hydroxyl groups is 4. The van der Waals surface area contributed by atoms with Crippen LogP contribution in [0.15, 0.2) is 29.0 Å². The topological polar surface area (TPSA) is 206 Å². The highest BCUT2D eigenvalue weighted by Gasteiger charge is 2.68. The number of carbonyl (C=O) groups is 3. The van der Waals surface area contributed by atoms with Crippen molar-refractivity contribution in [2.75, 3.05) is 19.4 Å². The quantitative estimate of drug-likeness (QED) is 0.183. The number of benzene rings is 1. The number of amides is 1. The normalized spacial score (nSPS) is 33.7. The molecule has 1 heterocycles. The summed E-state index contributed by atoms with van der Waals surface area (Å²) in [5.41, 5.74) is 1.47. The average Bonchev–Trinajstić information content (AvgIpc) is 2.85. The maximum atomic E-state index is 14.2. The highest BCUT2D eigenvalue weighted by Crippen LogP contribution is 2.56. The molecule has 6 atom stereocenters. The van der Waals surface area contributed by atoms with Crippen LogP contribution < -0.4 is 16.4 Å². The second-order valence-corrected chi connectivity index (χ2v) is 14.1. The van der Waals surface area contributed by atoms with E-state index in [1.807, 2.05) is 0 Å². The minimum absolute atomic E-state index is 0.0320. The molecule has 3 aliphatic carbocycles. The summed E-state index contributed by atoms with van der Waals surface area (Å²) in [5, 5.41) is 64.7. The van der Waals surface area contributed by atoms with Crippen LogP contribution >= 0.6 is 0 Å².